The molecule has 0 fully saturated rings. The van der Waals surface area contributed by atoms with Gasteiger partial charge in [-0.3, -0.25) is 4.79 Å². The highest BCUT2D eigenvalue weighted by Gasteiger charge is 2.05. The molecule has 0 radical (unpaired) electrons. The molecule has 0 saturated heterocycles. The number of carbonyl (C=O) groups is 1. The van der Waals surface area contributed by atoms with Crippen molar-refractivity contribution in [3.63, 3.8) is 0 Å². The Hall–Kier alpha value is -1.85. The number of nitrogens with one attached hydrogen (secondary N) is 1. The van der Waals surface area contributed by atoms with Crippen LogP contribution in [0.3, 0.4) is 0 Å². The van der Waals surface area contributed by atoms with Gasteiger partial charge in [-0.15, -0.1) is 0 Å². The van der Waals surface area contributed by atoms with Crippen LogP contribution in [-0.2, 0) is 4.79 Å². The molecular weight excluding hydrogens is 242 g/mol. The van der Waals surface area contributed by atoms with E-state index in [0.717, 1.165) is 5.69 Å². The van der Waals surface area contributed by atoms with E-state index in [0.29, 0.717) is 13.0 Å². The molecule has 4 nitrogen and oxygen atoms in total. The molecule has 0 aromatic heterocycles. The van der Waals surface area contributed by atoms with Crippen LogP contribution in [0.1, 0.15) is 6.42 Å². The van der Waals surface area contributed by atoms with Gasteiger partial charge in [-0.05, 0) is 24.3 Å². The van der Waals surface area contributed by atoms with Crippen LogP contribution < -0.4 is 10.1 Å². The second kappa shape index (κ2) is 6.78. The number of hydrogen-bond donors (Lipinski definition) is 1. The van der Waals surface area contributed by atoms with Gasteiger partial charge in [-0.2, -0.15) is 8.78 Å². The van der Waals surface area contributed by atoms with Gasteiger partial charge in [0.15, 0.2) is 0 Å². The normalized spacial score (nSPS) is 10.3. The first-order valence-electron chi connectivity index (χ1n) is 5.48. The third kappa shape index (κ3) is 4.99. The third-order valence-corrected chi connectivity index (χ3v) is 2.25. The molecule has 0 heterocycles. The Morgan fingerprint density at radius 3 is 2.44 bits per heavy atom. The summed E-state index contributed by atoms with van der Waals surface area (Å²) in [7, 11) is 3.39. The zero-order chi connectivity index (χ0) is 13.5. The molecule has 0 bridgehead atoms. The van der Waals surface area contributed by atoms with Gasteiger partial charge >= 0.3 is 6.61 Å². The molecule has 0 atom stereocenters. The summed E-state index contributed by atoms with van der Waals surface area (Å²) in [6, 6.07) is 6.14. The highest BCUT2D eigenvalue weighted by atomic mass is 19.3. The molecule has 1 aromatic carbocycles. The first-order valence-corrected chi connectivity index (χ1v) is 5.48. The molecule has 6 heteroatoms. The van der Waals surface area contributed by atoms with Gasteiger partial charge in [0.2, 0.25) is 5.91 Å². The quantitative estimate of drug-likeness (QED) is 0.850. The number of alkyl halides is 2. The lowest BCUT2D eigenvalue weighted by molar-refractivity contribution is -0.128. The first kappa shape index (κ1) is 14.2. The number of halogens is 2. The maximum atomic E-state index is 11.9. The van der Waals surface area contributed by atoms with Crippen molar-refractivity contribution < 1.29 is 18.3 Å². The lowest BCUT2D eigenvalue weighted by Gasteiger charge is -2.11. The van der Waals surface area contributed by atoms with E-state index < -0.39 is 6.61 Å². The summed E-state index contributed by atoms with van der Waals surface area (Å²) in [6.45, 7) is -2.33. The fraction of sp³-hybridized carbons (Fsp3) is 0.417. The monoisotopic (exact) mass is 258 g/mol. The lowest BCUT2D eigenvalue weighted by atomic mass is 10.3. The maximum Gasteiger partial charge on any atom is 0.387 e. The molecular formula is C12H16F2N2O2. The van der Waals surface area contributed by atoms with Gasteiger partial charge < -0.3 is 15.0 Å². The van der Waals surface area contributed by atoms with Crippen molar-refractivity contribution in [1.29, 1.82) is 0 Å². The predicted octanol–water partition coefficient (Wildman–Crippen LogP) is 2.18. The molecule has 1 rings (SSSR count). The Labute approximate surface area is 105 Å². The Bertz CT molecular complexity index is 380. The van der Waals surface area contributed by atoms with Crippen LogP contribution >= 0.6 is 0 Å². The van der Waals surface area contributed by atoms with E-state index in [2.05, 4.69) is 10.1 Å². The molecule has 0 aliphatic heterocycles. The van der Waals surface area contributed by atoms with Gasteiger partial charge in [-0.1, -0.05) is 0 Å². The predicted molar refractivity (Wildman–Crippen MR) is 64.9 cm³/mol. The summed E-state index contributed by atoms with van der Waals surface area (Å²) in [6.07, 6.45) is 0.377. The Morgan fingerprint density at radius 1 is 1.33 bits per heavy atom. The minimum Gasteiger partial charge on any atom is -0.435 e. The van der Waals surface area contributed by atoms with Gasteiger partial charge in [0.1, 0.15) is 5.75 Å². The summed E-state index contributed by atoms with van der Waals surface area (Å²) in [4.78, 5) is 12.8. The SMILES string of the molecule is CN(C)C(=O)CCNc1ccc(OC(F)F)cc1. The van der Waals surface area contributed by atoms with E-state index in [9.17, 15) is 13.6 Å². The standard InChI is InChI=1S/C12H16F2N2O2/c1-16(2)11(17)7-8-15-9-3-5-10(6-4-9)18-12(13)14/h3-6,12,15H,7-8H2,1-2H3. The topological polar surface area (TPSA) is 41.6 Å². The van der Waals surface area contributed by atoms with Crippen molar-refractivity contribution in [3.8, 4) is 5.75 Å². The van der Waals surface area contributed by atoms with Crippen LogP contribution in [0.25, 0.3) is 0 Å². The molecule has 1 aromatic rings. The van der Waals surface area contributed by atoms with E-state index >= 15 is 0 Å². The van der Waals surface area contributed by atoms with E-state index in [1.807, 2.05) is 0 Å². The van der Waals surface area contributed by atoms with E-state index in [-0.39, 0.29) is 11.7 Å². The smallest absolute Gasteiger partial charge is 0.387 e. The Balaban J connectivity index is 2.37. The fourth-order valence-electron chi connectivity index (χ4n) is 1.29. The highest BCUT2D eigenvalue weighted by molar-refractivity contribution is 5.76. The highest BCUT2D eigenvalue weighted by Crippen LogP contribution is 2.17. The minimum atomic E-state index is -2.82. The number of amides is 1. The lowest BCUT2D eigenvalue weighted by Crippen LogP contribution is -2.23. The fourth-order valence-corrected chi connectivity index (χ4v) is 1.29. The summed E-state index contributed by atoms with van der Waals surface area (Å²) in [5, 5.41) is 3.02. The summed E-state index contributed by atoms with van der Waals surface area (Å²) >= 11 is 0. The van der Waals surface area contributed by atoms with Crippen molar-refractivity contribution in [1.82, 2.24) is 4.90 Å². The molecule has 1 amide bonds. The number of rotatable bonds is 6. The van der Waals surface area contributed by atoms with Crippen LogP contribution in [0, 0.1) is 0 Å². The van der Waals surface area contributed by atoms with Crippen LogP contribution in [0.2, 0.25) is 0 Å². The van der Waals surface area contributed by atoms with Crippen LogP contribution in [0.15, 0.2) is 24.3 Å². The Morgan fingerprint density at radius 2 is 1.94 bits per heavy atom. The molecule has 1 N–H and O–H groups in total. The number of ether oxygens (including phenoxy) is 1. The summed E-state index contributed by atoms with van der Waals surface area (Å²) < 4.78 is 28.0. The molecule has 100 valence electrons. The Kier molecular flexibility index (Phi) is 5.35. The number of carbonyl (C=O) groups excluding carboxylic acids is 1. The second-order valence-corrected chi connectivity index (χ2v) is 3.87. The van der Waals surface area contributed by atoms with E-state index in [1.165, 1.54) is 17.0 Å². The average molecular weight is 258 g/mol. The van der Waals surface area contributed by atoms with Crippen LogP contribution in [0.5, 0.6) is 5.75 Å². The summed E-state index contributed by atoms with van der Waals surface area (Å²) in [5.74, 6) is 0.139. The van der Waals surface area contributed by atoms with Crippen LogP contribution in [0.4, 0.5) is 14.5 Å². The van der Waals surface area contributed by atoms with Crippen molar-refractivity contribution in [2.24, 2.45) is 0 Å². The number of hydrogen-bond acceptors (Lipinski definition) is 3. The van der Waals surface area contributed by atoms with Gasteiger partial charge in [0, 0.05) is 32.7 Å². The van der Waals surface area contributed by atoms with Gasteiger partial charge in [-0.25, -0.2) is 0 Å². The largest absolute Gasteiger partial charge is 0.435 e. The molecule has 18 heavy (non-hydrogen) atoms. The van der Waals surface area contributed by atoms with E-state index in [1.54, 1.807) is 26.2 Å². The average Bonchev–Trinajstić information content (AvgIpc) is 2.30. The van der Waals surface area contributed by atoms with Crippen molar-refractivity contribution in [2.75, 3.05) is 26.0 Å². The molecule has 0 saturated carbocycles. The van der Waals surface area contributed by atoms with Gasteiger partial charge in [0.05, 0.1) is 0 Å². The second-order valence-electron chi connectivity index (χ2n) is 3.87. The van der Waals surface area contributed by atoms with Crippen LogP contribution in [-0.4, -0.2) is 38.1 Å². The zero-order valence-electron chi connectivity index (χ0n) is 10.3. The van der Waals surface area contributed by atoms with Crippen molar-refractivity contribution in [3.05, 3.63) is 24.3 Å². The molecule has 0 spiro atoms. The molecule has 0 unspecified atom stereocenters. The van der Waals surface area contributed by atoms with E-state index in [4.69, 9.17) is 0 Å². The maximum absolute atomic E-state index is 11.9. The first-order chi connectivity index (χ1) is 8.49. The third-order valence-electron chi connectivity index (χ3n) is 2.25. The molecule has 0 aliphatic carbocycles. The molecule has 0 aliphatic rings. The number of nitrogens with zero attached hydrogens (tertiary/aromatic N) is 1. The number of benzene rings is 1. The number of anilines is 1. The minimum absolute atomic E-state index is 0.0279. The van der Waals surface area contributed by atoms with Gasteiger partial charge in [0.25, 0.3) is 0 Å². The van der Waals surface area contributed by atoms with Crippen molar-refractivity contribution in [2.45, 2.75) is 13.0 Å². The zero-order valence-corrected chi connectivity index (χ0v) is 10.3. The summed E-state index contributed by atoms with van der Waals surface area (Å²) in [5.41, 5.74) is 0.753. The van der Waals surface area contributed by atoms with Crippen molar-refractivity contribution >= 4 is 11.6 Å².